The van der Waals surface area contributed by atoms with Crippen molar-refractivity contribution < 1.29 is 19.1 Å². The lowest BCUT2D eigenvalue weighted by atomic mass is 10.1. The number of nitrogens with zero attached hydrogens (tertiary/aromatic N) is 2. The Morgan fingerprint density at radius 3 is 2.53 bits per heavy atom. The number of hydrogen-bond acceptors (Lipinski definition) is 4. The van der Waals surface area contributed by atoms with Gasteiger partial charge in [-0.15, -0.1) is 0 Å². The highest BCUT2D eigenvalue weighted by molar-refractivity contribution is 6.26. The van der Waals surface area contributed by atoms with Gasteiger partial charge in [0, 0.05) is 24.5 Å². The predicted molar refractivity (Wildman–Crippen MR) is 123 cm³/mol. The first kappa shape index (κ1) is 21.4. The molecule has 7 heteroatoms. The second kappa shape index (κ2) is 8.70. The van der Waals surface area contributed by atoms with E-state index in [0.717, 1.165) is 16.3 Å². The maximum absolute atomic E-state index is 13.5. The number of benzene rings is 3. The zero-order valence-corrected chi connectivity index (χ0v) is 18.3. The van der Waals surface area contributed by atoms with Gasteiger partial charge in [0.15, 0.2) is 0 Å². The highest BCUT2D eigenvalue weighted by Gasteiger charge is 2.34. The molecule has 0 saturated carbocycles. The molecule has 0 spiro atoms. The van der Waals surface area contributed by atoms with E-state index in [1.165, 1.54) is 16.8 Å². The van der Waals surface area contributed by atoms with Crippen LogP contribution in [0.15, 0.2) is 60.7 Å². The second-order valence-corrected chi connectivity index (χ2v) is 7.74. The molecule has 3 aromatic carbocycles. The van der Waals surface area contributed by atoms with E-state index in [0.29, 0.717) is 17.0 Å². The zero-order valence-electron chi connectivity index (χ0n) is 18.3. The molecule has 3 amide bonds. The summed E-state index contributed by atoms with van der Waals surface area (Å²) in [6, 6.07) is 17.9. The normalized spacial score (nSPS) is 13.2. The van der Waals surface area contributed by atoms with Crippen molar-refractivity contribution in [2.45, 2.75) is 19.5 Å². The van der Waals surface area contributed by atoms with Crippen molar-refractivity contribution in [1.29, 1.82) is 0 Å². The largest absolute Gasteiger partial charge is 0.497 e. The highest BCUT2D eigenvalue weighted by Crippen LogP contribution is 2.37. The maximum atomic E-state index is 13.5. The number of hydrogen-bond donors (Lipinski definition) is 1. The van der Waals surface area contributed by atoms with Crippen molar-refractivity contribution in [3.63, 3.8) is 0 Å². The molecule has 7 nitrogen and oxygen atoms in total. The molecule has 4 rings (SSSR count). The number of methoxy groups -OCH3 is 1. The Kier molecular flexibility index (Phi) is 5.81. The van der Waals surface area contributed by atoms with Crippen molar-refractivity contribution in [2.24, 2.45) is 0 Å². The summed E-state index contributed by atoms with van der Waals surface area (Å²) in [5.74, 6) is -0.139. The third-order valence-corrected chi connectivity index (χ3v) is 5.84. The van der Waals surface area contributed by atoms with Crippen LogP contribution in [0.5, 0.6) is 5.75 Å². The molecule has 0 unspecified atom stereocenters. The molecule has 32 heavy (non-hydrogen) atoms. The molecule has 0 saturated heterocycles. The van der Waals surface area contributed by atoms with E-state index in [1.807, 2.05) is 54.6 Å². The van der Waals surface area contributed by atoms with Crippen LogP contribution in [0, 0.1) is 0 Å². The van der Waals surface area contributed by atoms with Crippen molar-refractivity contribution in [2.75, 3.05) is 25.6 Å². The summed E-state index contributed by atoms with van der Waals surface area (Å²) in [6.07, 6.45) is 0. The Balaban J connectivity index is 1.64. The van der Waals surface area contributed by atoms with Crippen molar-refractivity contribution in [1.82, 2.24) is 10.2 Å². The van der Waals surface area contributed by atoms with Crippen LogP contribution in [-0.4, -0.2) is 49.4 Å². The Morgan fingerprint density at radius 1 is 1.09 bits per heavy atom. The summed E-state index contributed by atoms with van der Waals surface area (Å²) in [7, 11) is 3.11. The van der Waals surface area contributed by atoms with Gasteiger partial charge in [-0.3, -0.25) is 19.3 Å². The standard InChI is InChI=1S/C25H25N3O4/c1-16(24(30)26-2)27(14-17-7-4-10-19(13-17)32-3)22(29)15-28-21-12-6-9-18-8-5-11-20(23(18)21)25(28)31/h4-13,16H,14-15H2,1-3H3,(H,26,30)/t16-/m0/s1. The molecule has 0 radical (unpaired) electrons. The minimum absolute atomic E-state index is 0.155. The number of rotatable bonds is 7. The van der Waals surface area contributed by atoms with Crippen molar-refractivity contribution in [3.8, 4) is 5.75 Å². The molecule has 0 bridgehead atoms. The first-order chi connectivity index (χ1) is 15.4. The number of anilines is 1. The van der Waals surface area contributed by atoms with E-state index in [-0.39, 0.29) is 30.8 Å². The van der Waals surface area contributed by atoms with Gasteiger partial charge in [-0.25, -0.2) is 0 Å². The average Bonchev–Trinajstić information content (AvgIpc) is 3.09. The molecule has 1 aliphatic heterocycles. The molecule has 3 aromatic rings. The number of carbonyl (C=O) groups is 3. The first-order valence-electron chi connectivity index (χ1n) is 10.4. The van der Waals surface area contributed by atoms with Crippen LogP contribution in [0.2, 0.25) is 0 Å². The summed E-state index contributed by atoms with van der Waals surface area (Å²) in [4.78, 5) is 41.9. The predicted octanol–water partition coefficient (Wildman–Crippen LogP) is 2.97. The summed E-state index contributed by atoms with van der Waals surface area (Å²) in [5.41, 5.74) is 2.13. The number of carbonyl (C=O) groups excluding carboxylic acids is 3. The molecule has 1 aliphatic rings. The van der Waals surface area contributed by atoms with E-state index in [2.05, 4.69) is 5.32 Å². The Hall–Kier alpha value is -3.87. The number of amides is 3. The van der Waals surface area contributed by atoms with Gasteiger partial charge < -0.3 is 15.0 Å². The van der Waals surface area contributed by atoms with Crippen molar-refractivity contribution in [3.05, 3.63) is 71.8 Å². The van der Waals surface area contributed by atoms with E-state index in [1.54, 1.807) is 20.1 Å². The van der Waals surface area contributed by atoms with E-state index in [9.17, 15) is 14.4 Å². The highest BCUT2D eigenvalue weighted by atomic mass is 16.5. The quantitative estimate of drug-likeness (QED) is 0.624. The molecule has 1 atom stereocenters. The van der Waals surface area contributed by atoms with Gasteiger partial charge in [0.25, 0.3) is 5.91 Å². The third kappa shape index (κ3) is 3.77. The molecule has 1 heterocycles. The lowest BCUT2D eigenvalue weighted by Crippen LogP contribution is -2.50. The van der Waals surface area contributed by atoms with Crippen molar-refractivity contribution >= 4 is 34.2 Å². The number of likely N-dealkylation sites (N-methyl/N-ethyl adjacent to an activating group) is 1. The fourth-order valence-corrected chi connectivity index (χ4v) is 4.12. The van der Waals surface area contributed by atoms with Crippen LogP contribution in [0.1, 0.15) is 22.8 Å². The van der Waals surface area contributed by atoms with Crippen LogP contribution in [-0.2, 0) is 16.1 Å². The SMILES string of the molecule is CNC(=O)[C@H](C)N(Cc1cccc(OC)c1)C(=O)CN1C(=O)c2cccc3cccc1c23. The number of ether oxygens (including phenoxy) is 1. The van der Waals surface area contributed by atoms with Crippen LogP contribution in [0.3, 0.4) is 0 Å². The second-order valence-electron chi connectivity index (χ2n) is 7.74. The van der Waals surface area contributed by atoms with Crippen LogP contribution in [0.4, 0.5) is 5.69 Å². The third-order valence-electron chi connectivity index (χ3n) is 5.84. The Morgan fingerprint density at radius 2 is 1.81 bits per heavy atom. The Bertz CT molecular complexity index is 1200. The van der Waals surface area contributed by atoms with Crippen LogP contribution < -0.4 is 15.0 Å². The fourth-order valence-electron chi connectivity index (χ4n) is 4.12. The monoisotopic (exact) mass is 431 g/mol. The number of nitrogens with one attached hydrogen (secondary N) is 1. The molecular weight excluding hydrogens is 406 g/mol. The average molecular weight is 431 g/mol. The molecule has 1 N–H and O–H groups in total. The van der Waals surface area contributed by atoms with Crippen LogP contribution in [0.25, 0.3) is 10.8 Å². The first-order valence-corrected chi connectivity index (χ1v) is 10.4. The topological polar surface area (TPSA) is 79.0 Å². The van der Waals surface area contributed by atoms with Gasteiger partial charge in [-0.05, 0) is 42.1 Å². The summed E-state index contributed by atoms with van der Waals surface area (Å²) in [5, 5.41) is 4.41. The maximum Gasteiger partial charge on any atom is 0.259 e. The lowest BCUT2D eigenvalue weighted by Gasteiger charge is -2.30. The smallest absolute Gasteiger partial charge is 0.259 e. The van der Waals surface area contributed by atoms with Gasteiger partial charge in [0.05, 0.1) is 12.8 Å². The zero-order chi connectivity index (χ0) is 22.8. The lowest BCUT2D eigenvalue weighted by molar-refractivity contribution is -0.139. The Labute approximate surface area is 186 Å². The fraction of sp³-hybridized carbons (Fsp3) is 0.240. The van der Waals surface area contributed by atoms with Crippen LogP contribution >= 0.6 is 0 Å². The molecule has 0 aromatic heterocycles. The van der Waals surface area contributed by atoms with E-state index in [4.69, 9.17) is 4.74 Å². The summed E-state index contributed by atoms with van der Waals surface area (Å²) < 4.78 is 5.28. The minimum atomic E-state index is -0.713. The van der Waals surface area contributed by atoms with Gasteiger partial charge in [0.1, 0.15) is 18.3 Å². The molecule has 0 aliphatic carbocycles. The molecular formula is C25H25N3O4. The van der Waals surface area contributed by atoms with Gasteiger partial charge in [-0.1, -0.05) is 36.4 Å². The summed E-state index contributed by atoms with van der Waals surface area (Å²) in [6.45, 7) is 1.74. The van der Waals surface area contributed by atoms with E-state index >= 15 is 0 Å². The van der Waals surface area contributed by atoms with E-state index < -0.39 is 6.04 Å². The molecule has 0 fully saturated rings. The minimum Gasteiger partial charge on any atom is -0.497 e. The molecule has 164 valence electrons. The van der Waals surface area contributed by atoms with Gasteiger partial charge in [-0.2, -0.15) is 0 Å². The van der Waals surface area contributed by atoms with Gasteiger partial charge in [0.2, 0.25) is 11.8 Å². The summed E-state index contributed by atoms with van der Waals surface area (Å²) >= 11 is 0. The van der Waals surface area contributed by atoms with Gasteiger partial charge >= 0.3 is 0 Å².